The Balaban J connectivity index is 1.27. The van der Waals surface area contributed by atoms with Crippen molar-refractivity contribution in [2.24, 2.45) is 23.7 Å². The molecule has 0 radical (unpaired) electrons. The van der Waals surface area contributed by atoms with Gasteiger partial charge in [-0.2, -0.15) is 0 Å². The van der Waals surface area contributed by atoms with Crippen LogP contribution < -0.4 is 10.6 Å². The molecule has 3 aliphatic rings. The van der Waals surface area contributed by atoms with Crippen molar-refractivity contribution in [1.29, 1.82) is 0 Å². The Hall–Kier alpha value is -3.70. The van der Waals surface area contributed by atoms with Gasteiger partial charge in [0, 0.05) is 18.2 Å². The number of carbonyl (C=O) groups excluding carboxylic acids is 4. The summed E-state index contributed by atoms with van der Waals surface area (Å²) >= 11 is 0. The van der Waals surface area contributed by atoms with Crippen LogP contribution in [0.5, 0.6) is 0 Å². The van der Waals surface area contributed by atoms with Crippen molar-refractivity contribution in [3.8, 4) is 0 Å². The first-order valence-corrected chi connectivity index (χ1v) is 16.6. The lowest BCUT2D eigenvalue weighted by atomic mass is 9.76. The summed E-state index contributed by atoms with van der Waals surface area (Å²) < 4.78 is 29.5. The molecule has 11 nitrogen and oxygen atoms in total. The van der Waals surface area contributed by atoms with Crippen LogP contribution in [0.2, 0.25) is 0 Å². The SMILES string of the molecule is COC(=O)c1nc2cc(NC(=O)[C@H]3[C@H](C4CCCCC4)CCN3C(=O)C3CCC([C@@H](CF)NC(=O)OC(C)(C)C)CC3)ccc2o1. The fourth-order valence-electron chi connectivity index (χ4n) is 7.60. The van der Waals surface area contributed by atoms with Gasteiger partial charge in [-0.3, -0.25) is 9.59 Å². The van der Waals surface area contributed by atoms with E-state index in [0.717, 1.165) is 32.1 Å². The lowest BCUT2D eigenvalue weighted by Crippen LogP contribution is -2.50. The number of aromatic nitrogens is 1. The fourth-order valence-corrected chi connectivity index (χ4v) is 7.60. The van der Waals surface area contributed by atoms with E-state index < -0.39 is 36.4 Å². The molecule has 2 saturated carbocycles. The largest absolute Gasteiger partial charge is 0.462 e. The summed E-state index contributed by atoms with van der Waals surface area (Å²) in [5, 5.41) is 5.71. The van der Waals surface area contributed by atoms with Crippen molar-refractivity contribution in [2.75, 3.05) is 25.6 Å². The Labute approximate surface area is 269 Å². The predicted molar refractivity (Wildman–Crippen MR) is 169 cm³/mol. The Bertz CT molecular complexity index is 1410. The molecule has 3 fully saturated rings. The Kier molecular flexibility index (Phi) is 10.5. The second-order valence-corrected chi connectivity index (χ2v) is 14.0. The molecule has 2 N–H and O–H groups in total. The van der Waals surface area contributed by atoms with Gasteiger partial charge in [0.05, 0.1) is 13.2 Å². The molecule has 1 aromatic carbocycles. The molecule has 2 aliphatic carbocycles. The summed E-state index contributed by atoms with van der Waals surface area (Å²) in [7, 11) is 1.25. The van der Waals surface area contributed by atoms with E-state index in [1.54, 1.807) is 43.9 Å². The molecule has 0 unspecified atom stereocenters. The van der Waals surface area contributed by atoms with Gasteiger partial charge in [0.15, 0.2) is 5.58 Å². The van der Waals surface area contributed by atoms with Crippen molar-refractivity contribution in [3.63, 3.8) is 0 Å². The second kappa shape index (κ2) is 14.4. The number of benzene rings is 1. The highest BCUT2D eigenvalue weighted by atomic mass is 19.1. The standard InChI is InChI=1S/C34H47FN4O7/c1-34(2,3)46-33(43)38-26(19-35)21-10-12-22(13-11-21)31(41)39-17-16-24(20-8-6-5-7-9-20)28(39)29(40)36-23-14-15-27-25(18-23)37-30(45-27)32(42)44-4/h14-15,18,20-22,24,26,28H,5-13,16-17,19H2,1-4H3,(H,36,40)(H,38,43)/t21?,22?,24-,26+,28+/m0/s1. The van der Waals surface area contributed by atoms with E-state index in [1.165, 1.54) is 13.5 Å². The molecular formula is C34H47FN4O7. The molecule has 3 amide bonds. The van der Waals surface area contributed by atoms with Crippen LogP contribution in [-0.4, -0.2) is 71.8 Å². The number of nitrogens with one attached hydrogen (secondary N) is 2. The van der Waals surface area contributed by atoms with Crippen molar-refractivity contribution in [2.45, 2.75) is 103 Å². The monoisotopic (exact) mass is 642 g/mol. The second-order valence-electron chi connectivity index (χ2n) is 14.0. The summed E-state index contributed by atoms with van der Waals surface area (Å²) in [5.74, 6) is -1.03. The van der Waals surface area contributed by atoms with Gasteiger partial charge in [-0.1, -0.05) is 32.1 Å². The van der Waals surface area contributed by atoms with Crippen LogP contribution in [0.25, 0.3) is 11.1 Å². The lowest BCUT2D eigenvalue weighted by molar-refractivity contribution is -0.142. The first kappa shape index (κ1) is 33.7. The zero-order chi connectivity index (χ0) is 33.0. The van der Waals surface area contributed by atoms with E-state index in [9.17, 15) is 23.6 Å². The number of methoxy groups -OCH3 is 1. The highest BCUT2D eigenvalue weighted by molar-refractivity contribution is 5.99. The summed E-state index contributed by atoms with van der Waals surface area (Å²) in [5.41, 5.74) is 0.619. The van der Waals surface area contributed by atoms with Gasteiger partial charge in [-0.25, -0.2) is 19.0 Å². The third kappa shape index (κ3) is 7.81. The van der Waals surface area contributed by atoms with Crippen molar-refractivity contribution in [1.82, 2.24) is 15.2 Å². The quantitative estimate of drug-likeness (QED) is 0.333. The van der Waals surface area contributed by atoms with Crippen LogP contribution >= 0.6 is 0 Å². The van der Waals surface area contributed by atoms with E-state index in [2.05, 4.69) is 15.6 Å². The van der Waals surface area contributed by atoms with E-state index in [0.29, 0.717) is 54.9 Å². The topological polar surface area (TPSA) is 140 Å². The Morgan fingerprint density at radius 1 is 1.04 bits per heavy atom. The van der Waals surface area contributed by atoms with Crippen molar-refractivity contribution < 1.29 is 37.5 Å². The minimum atomic E-state index is -0.704. The van der Waals surface area contributed by atoms with Crippen LogP contribution in [0.1, 0.15) is 95.7 Å². The number of ether oxygens (including phenoxy) is 2. The molecule has 5 rings (SSSR count). The number of rotatable bonds is 8. The first-order valence-electron chi connectivity index (χ1n) is 16.6. The smallest absolute Gasteiger partial charge is 0.407 e. The lowest BCUT2D eigenvalue weighted by Gasteiger charge is -2.37. The number of oxazole rings is 1. The maximum atomic E-state index is 14.1. The zero-order valence-electron chi connectivity index (χ0n) is 27.3. The maximum Gasteiger partial charge on any atom is 0.407 e. The van der Waals surface area contributed by atoms with Gasteiger partial charge >= 0.3 is 18.0 Å². The zero-order valence-corrected chi connectivity index (χ0v) is 27.3. The van der Waals surface area contributed by atoms with E-state index in [1.807, 2.05) is 0 Å². The van der Waals surface area contributed by atoms with Gasteiger partial charge in [0.2, 0.25) is 11.8 Å². The molecule has 0 bridgehead atoms. The normalized spacial score (nSPS) is 24.8. The number of likely N-dealkylation sites (tertiary alicyclic amines) is 1. The summed E-state index contributed by atoms with van der Waals surface area (Å²) in [6.45, 7) is 5.10. The number of hydrogen-bond acceptors (Lipinski definition) is 8. The molecule has 252 valence electrons. The van der Waals surface area contributed by atoms with Crippen LogP contribution in [0.3, 0.4) is 0 Å². The number of alkyl halides is 1. The molecule has 1 aliphatic heterocycles. The average molecular weight is 643 g/mol. The van der Waals surface area contributed by atoms with Crippen LogP contribution in [0, 0.1) is 23.7 Å². The molecule has 2 heterocycles. The van der Waals surface area contributed by atoms with Crippen LogP contribution in [-0.2, 0) is 19.1 Å². The maximum absolute atomic E-state index is 14.1. The highest BCUT2D eigenvalue weighted by Gasteiger charge is 2.47. The molecule has 2 aromatic rings. The molecule has 3 atom stereocenters. The average Bonchev–Trinajstić information content (AvgIpc) is 3.67. The number of alkyl carbamates (subject to hydrolysis) is 1. The fraction of sp³-hybridized carbons (Fsp3) is 0.676. The van der Waals surface area contributed by atoms with Crippen LogP contribution in [0.4, 0.5) is 14.9 Å². The summed E-state index contributed by atoms with van der Waals surface area (Å²) in [6.07, 6.45) is 8.04. The molecule has 1 aromatic heterocycles. The number of anilines is 1. The minimum Gasteiger partial charge on any atom is -0.462 e. The molecule has 46 heavy (non-hydrogen) atoms. The van der Waals surface area contributed by atoms with Gasteiger partial charge in [0.1, 0.15) is 23.8 Å². The van der Waals surface area contributed by atoms with Gasteiger partial charge < -0.3 is 29.4 Å². The number of amides is 3. The molecular weight excluding hydrogens is 595 g/mol. The number of fused-ring (bicyclic) bond motifs is 1. The molecule has 0 spiro atoms. The molecule has 12 heteroatoms. The van der Waals surface area contributed by atoms with E-state index in [-0.39, 0.29) is 35.5 Å². The van der Waals surface area contributed by atoms with Gasteiger partial charge in [-0.15, -0.1) is 0 Å². The first-order chi connectivity index (χ1) is 22.0. The number of carbonyl (C=O) groups is 4. The summed E-state index contributed by atoms with van der Waals surface area (Å²) in [6, 6.07) is 3.71. The Morgan fingerprint density at radius 3 is 2.41 bits per heavy atom. The van der Waals surface area contributed by atoms with Gasteiger partial charge in [0.25, 0.3) is 0 Å². The van der Waals surface area contributed by atoms with Gasteiger partial charge in [-0.05, 0) is 88.8 Å². The van der Waals surface area contributed by atoms with E-state index >= 15 is 0 Å². The van der Waals surface area contributed by atoms with Crippen molar-refractivity contribution in [3.05, 3.63) is 24.1 Å². The Morgan fingerprint density at radius 2 is 1.76 bits per heavy atom. The predicted octanol–water partition coefficient (Wildman–Crippen LogP) is 6.02. The molecule has 1 saturated heterocycles. The third-order valence-corrected chi connectivity index (χ3v) is 9.83. The van der Waals surface area contributed by atoms with Crippen LogP contribution in [0.15, 0.2) is 22.6 Å². The van der Waals surface area contributed by atoms with Crippen molar-refractivity contribution >= 4 is 40.7 Å². The number of esters is 1. The number of halogens is 1. The third-order valence-electron chi connectivity index (χ3n) is 9.83. The number of nitrogens with zero attached hydrogens (tertiary/aromatic N) is 2. The summed E-state index contributed by atoms with van der Waals surface area (Å²) in [4.78, 5) is 58.2. The number of hydrogen-bond donors (Lipinski definition) is 2. The highest BCUT2D eigenvalue weighted by Crippen LogP contribution is 2.41. The minimum absolute atomic E-state index is 0.0246. The van der Waals surface area contributed by atoms with E-state index in [4.69, 9.17) is 13.9 Å².